The lowest BCUT2D eigenvalue weighted by Crippen LogP contribution is -2.17. The van der Waals surface area contributed by atoms with Crippen molar-refractivity contribution in [2.75, 3.05) is 0 Å². The van der Waals surface area contributed by atoms with Crippen LogP contribution in [0.4, 0.5) is 18.0 Å². The van der Waals surface area contributed by atoms with Crippen molar-refractivity contribution in [3.8, 4) is 11.5 Å². The summed E-state index contributed by atoms with van der Waals surface area (Å²) in [5.74, 6) is -0.530. The average molecular weight is 222 g/mol. The van der Waals surface area contributed by atoms with Crippen molar-refractivity contribution in [2.24, 2.45) is 0 Å². The van der Waals surface area contributed by atoms with Gasteiger partial charge in [-0.3, -0.25) is 0 Å². The van der Waals surface area contributed by atoms with Crippen LogP contribution in [-0.2, 0) is 0 Å². The van der Waals surface area contributed by atoms with Crippen molar-refractivity contribution >= 4 is 6.16 Å². The van der Waals surface area contributed by atoms with Crippen LogP contribution in [0.1, 0.15) is 0 Å². The number of ether oxygens (including phenoxy) is 2. The van der Waals surface area contributed by atoms with Crippen molar-refractivity contribution in [3.05, 3.63) is 24.3 Å². The summed E-state index contributed by atoms with van der Waals surface area (Å²) in [4.78, 5) is 10.0. The topological polar surface area (TPSA) is 55.8 Å². The van der Waals surface area contributed by atoms with Gasteiger partial charge in [0.1, 0.15) is 11.5 Å². The molecule has 0 fully saturated rings. The van der Waals surface area contributed by atoms with E-state index in [0.717, 1.165) is 24.3 Å². The number of hydrogen-bond donors (Lipinski definition) is 1. The summed E-state index contributed by atoms with van der Waals surface area (Å²) in [5.41, 5.74) is 0. The Hall–Kier alpha value is -1.92. The third-order valence-electron chi connectivity index (χ3n) is 1.26. The van der Waals surface area contributed by atoms with Gasteiger partial charge in [0.15, 0.2) is 0 Å². The molecular weight excluding hydrogens is 217 g/mol. The smallest absolute Gasteiger partial charge is 0.449 e. The molecule has 0 bridgehead atoms. The first-order valence-corrected chi connectivity index (χ1v) is 3.63. The zero-order valence-electron chi connectivity index (χ0n) is 7.12. The third kappa shape index (κ3) is 4.21. The van der Waals surface area contributed by atoms with Crippen LogP contribution in [0.25, 0.3) is 0 Å². The van der Waals surface area contributed by atoms with E-state index in [4.69, 9.17) is 5.11 Å². The second-order valence-electron chi connectivity index (χ2n) is 2.39. The fourth-order valence-corrected chi connectivity index (χ4v) is 0.810. The first kappa shape index (κ1) is 11.2. The maximum Gasteiger partial charge on any atom is 0.573 e. The fourth-order valence-electron chi connectivity index (χ4n) is 0.810. The summed E-state index contributed by atoms with van der Waals surface area (Å²) >= 11 is 0. The molecule has 7 heteroatoms. The molecule has 4 nitrogen and oxygen atoms in total. The predicted molar refractivity (Wildman–Crippen MR) is 41.8 cm³/mol. The summed E-state index contributed by atoms with van der Waals surface area (Å²) in [5, 5.41) is 8.19. The lowest BCUT2D eigenvalue weighted by atomic mass is 10.3. The van der Waals surface area contributed by atoms with Crippen molar-refractivity contribution in [1.29, 1.82) is 0 Å². The van der Waals surface area contributed by atoms with Crippen LogP contribution in [0.3, 0.4) is 0 Å². The minimum absolute atomic E-state index is 0.0861. The van der Waals surface area contributed by atoms with Crippen LogP contribution in [0.5, 0.6) is 11.5 Å². The molecule has 0 saturated heterocycles. The number of rotatable bonds is 2. The minimum atomic E-state index is -4.77. The maximum atomic E-state index is 11.7. The molecule has 0 spiro atoms. The van der Waals surface area contributed by atoms with Gasteiger partial charge in [-0.1, -0.05) is 0 Å². The molecule has 0 amide bonds. The Morgan fingerprint density at radius 3 is 2.00 bits per heavy atom. The molecule has 0 aromatic heterocycles. The van der Waals surface area contributed by atoms with Gasteiger partial charge in [-0.2, -0.15) is 0 Å². The molecule has 0 radical (unpaired) electrons. The molecule has 0 aliphatic carbocycles. The van der Waals surface area contributed by atoms with Gasteiger partial charge in [0.25, 0.3) is 0 Å². The zero-order chi connectivity index (χ0) is 11.5. The van der Waals surface area contributed by atoms with Crippen LogP contribution in [0.15, 0.2) is 24.3 Å². The van der Waals surface area contributed by atoms with Gasteiger partial charge in [-0.25, -0.2) is 4.79 Å². The zero-order valence-corrected chi connectivity index (χ0v) is 7.12. The van der Waals surface area contributed by atoms with Crippen molar-refractivity contribution in [2.45, 2.75) is 6.36 Å². The molecule has 0 atom stereocenters. The fraction of sp³-hybridized carbons (Fsp3) is 0.125. The van der Waals surface area contributed by atoms with Crippen molar-refractivity contribution < 1.29 is 32.5 Å². The maximum absolute atomic E-state index is 11.7. The molecule has 0 saturated carbocycles. The van der Waals surface area contributed by atoms with Gasteiger partial charge in [-0.15, -0.1) is 13.2 Å². The second-order valence-corrected chi connectivity index (χ2v) is 2.39. The number of carbonyl (C=O) groups is 1. The summed E-state index contributed by atoms with van der Waals surface area (Å²) in [6.07, 6.45) is -6.31. The summed E-state index contributed by atoms with van der Waals surface area (Å²) in [7, 11) is 0. The Balaban J connectivity index is 2.68. The molecule has 0 unspecified atom stereocenters. The highest BCUT2D eigenvalue weighted by molar-refractivity contribution is 5.61. The molecule has 1 aromatic carbocycles. The quantitative estimate of drug-likeness (QED) is 0.617. The van der Waals surface area contributed by atoms with E-state index in [0.29, 0.717) is 0 Å². The summed E-state index contributed by atoms with van der Waals surface area (Å²) in [6.45, 7) is 0. The van der Waals surface area contributed by atoms with Gasteiger partial charge in [0.05, 0.1) is 0 Å². The van der Waals surface area contributed by atoms with Gasteiger partial charge >= 0.3 is 12.5 Å². The monoisotopic (exact) mass is 222 g/mol. The van der Waals surface area contributed by atoms with E-state index < -0.39 is 18.3 Å². The van der Waals surface area contributed by atoms with Crippen LogP contribution >= 0.6 is 0 Å². The van der Waals surface area contributed by atoms with Crippen LogP contribution in [-0.4, -0.2) is 17.6 Å². The van der Waals surface area contributed by atoms with E-state index in [1.165, 1.54) is 0 Å². The first-order valence-electron chi connectivity index (χ1n) is 3.63. The number of halogens is 3. The van der Waals surface area contributed by atoms with Gasteiger partial charge in [0.2, 0.25) is 0 Å². The van der Waals surface area contributed by atoms with Crippen LogP contribution in [0.2, 0.25) is 0 Å². The van der Waals surface area contributed by atoms with Crippen molar-refractivity contribution in [1.82, 2.24) is 0 Å². The minimum Gasteiger partial charge on any atom is -0.449 e. The highest BCUT2D eigenvalue weighted by atomic mass is 19.4. The van der Waals surface area contributed by atoms with Gasteiger partial charge in [0, 0.05) is 0 Å². The molecule has 1 aromatic rings. The second kappa shape index (κ2) is 4.07. The summed E-state index contributed by atoms with van der Waals surface area (Å²) in [6, 6.07) is 4.00. The van der Waals surface area contributed by atoms with E-state index in [2.05, 4.69) is 9.47 Å². The van der Waals surface area contributed by atoms with E-state index in [-0.39, 0.29) is 5.75 Å². The SMILES string of the molecule is O=C(O)Oc1ccc(OC(F)(F)F)cc1. The van der Waals surface area contributed by atoms with Gasteiger partial charge < -0.3 is 14.6 Å². The number of benzene rings is 1. The third-order valence-corrected chi connectivity index (χ3v) is 1.26. The van der Waals surface area contributed by atoms with Crippen molar-refractivity contribution in [3.63, 3.8) is 0 Å². The average Bonchev–Trinajstić information content (AvgIpc) is 2.05. The largest absolute Gasteiger partial charge is 0.573 e. The Kier molecular flexibility index (Phi) is 3.03. The molecule has 82 valence electrons. The normalized spacial score (nSPS) is 10.9. The molecular formula is C8H5F3O4. The highest BCUT2D eigenvalue weighted by Crippen LogP contribution is 2.24. The van der Waals surface area contributed by atoms with E-state index in [9.17, 15) is 18.0 Å². The lowest BCUT2D eigenvalue weighted by Gasteiger charge is -2.08. The number of carboxylic acid groups (broad SMARTS) is 1. The summed E-state index contributed by atoms with van der Waals surface area (Å²) < 4.78 is 42.9. The molecule has 15 heavy (non-hydrogen) atoms. The predicted octanol–water partition coefficient (Wildman–Crippen LogP) is 2.64. The van der Waals surface area contributed by atoms with Crippen LogP contribution < -0.4 is 9.47 Å². The first-order chi connectivity index (χ1) is 6.87. The molecule has 0 aliphatic heterocycles. The standard InChI is InChI=1S/C8H5F3O4/c9-8(10,11)15-6-3-1-5(2-4-6)14-7(12)13/h1-4H,(H,12,13). The Bertz CT molecular complexity index is 344. The van der Waals surface area contributed by atoms with E-state index >= 15 is 0 Å². The van der Waals surface area contributed by atoms with E-state index in [1.807, 2.05) is 0 Å². The van der Waals surface area contributed by atoms with Gasteiger partial charge in [-0.05, 0) is 24.3 Å². The Morgan fingerprint density at radius 2 is 1.60 bits per heavy atom. The van der Waals surface area contributed by atoms with E-state index in [1.54, 1.807) is 0 Å². The lowest BCUT2D eigenvalue weighted by molar-refractivity contribution is -0.274. The molecule has 0 heterocycles. The Labute approximate surface area is 81.8 Å². The highest BCUT2D eigenvalue weighted by Gasteiger charge is 2.30. The van der Waals surface area contributed by atoms with Crippen LogP contribution in [0, 0.1) is 0 Å². The molecule has 0 aliphatic rings. The molecule has 1 N–H and O–H groups in total. The Morgan fingerprint density at radius 1 is 1.13 bits per heavy atom. The molecule has 1 rings (SSSR count). The number of hydrogen-bond acceptors (Lipinski definition) is 3. The number of alkyl halides is 3.